The largest absolute Gasteiger partial charge is 0.450 e. The van der Waals surface area contributed by atoms with Crippen molar-refractivity contribution < 1.29 is 19.1 Å². The van der Waals surface area contributed by atoms with Crippen LogP contribution in [-0.2, 0) is 19.7 Å². The molecule has 0 unspecified atom stereocenters. The topological polar surface area (TPSA) is 67.9 Å². The molecule has 0 atom stereocenters. The first-order valence-electron chi connectivity index (χ1n) is 9.61. The standard InChI is InChI=1S/C20H27BrN2O4/c1-2-27-19(25)23-11-7-17(8-12-23)22-18(24)20(9-13-26-14-10-20)15-3-5-16(21)6-4-15/h3-6,17H,2,7-14H2,1H3,(H,22,24). The highest BCUT2D eigenvalue weighted by molar-refractivity contribution is 9.10. The van der Waals surface area contributed by atoms with Crippen molar-refractivity contribution in [2.75, 3.05) is 32.9 Å². The van der Waals surface area contributed by atoms with E-state index >= 15 is 0 Å². The maximum atomic E-state index is 13.3. The Morgan fingerprint density at radius 2 is 1.85 bits per heavy atom. The number of nitrogens with one attached hydrogen (secondary N) is 1. The molecule has 1 aromatic carbocycles. The summed E-state index contributed by atoms with van der Waals surface area (Å²) in [7, 11) is 0. The summed E-state index contributed by atoms with van der Waals surface area (Å²) in [6.45, 7) is 4.58. The Morgan fingerprint density at radius 3 is 2.44 bits per heavy atom. The molecule has 6 nitrogen and oxygen atoms in total. The zero-order valence-corrected chi connectivity index (χ0v) is 17.3. The average Bonchev–Trinajstić information content (AvgIpc) is 2.69. The third-order valence-corrected chi connectivity index (χ3v) is 6.06. The second-order valence-corrected chi connectivity index (χ2v) is 8.05. The van der Waals surface area contributed by atoms with Crippen LogP contribution in [0.4, 0.5) is 4.79 Å². The third-order valence-electron chi connectivity index (χ3n) is 5.53. The number of benzene rings is 1. The number of hydrogen-bond donors (Lipinski definition) is 1. The fraction of sp³-hybridized carbons (Fsp3) is 0.600. The second-order valence-electron chi connectivity index (χ2n) is 7.14. The van der Waals surface area contributed by atoms with Crippen LogP contribution in [0.3, 0.4) is 0 Å². The van der Waals surface area contributed by atoms with Gasteiger partial charge in [0, 0.05) is 36.8 Å². The fourth-order valence-electron chi connectivity index (χ4n) is 3.88. The molecular formula is C20H27BrN2O4. The highest BCUT2D eigenvalue weighted by Gasteiger charge is 2.42. The van der Waals surface area contributed by atoms with E-state index in [-0.39, 0.29) is 18.0 Å². The molecule has 2 amide bonds. The smallest absolute Gasteiger partial charge is 0.409 e. The molecule has 0 bridgehead atoms. The van der Waals surface area contributed by atoms with Crippen molar-refractivity contribution in [2.24, 2.45) is 0 Å². The lowest BCUT2D eigenvalue weighted by Crippen LogP contribution is -2.53. The number of piperidine rings is 1. The van der Waals surface area contributed by atoms with E-state index in [0.29, 0.717) is 45.8 Å². The third kappa shape index (κ3) is 4.63. The lowest BCUT2D eigenvalue weighted by molar-refractivity contribution is -0.131. The van der Waals surface area contributed by atoms with E-state index in [9.17, 15) is 9.59 Å². The van der Waals surface area contributed by atoms with Gasteiger partial charge in [-0.2, -0.15) is 0 Å². The summed E-state index contributed by atoms with van der Waals surface area (Å²) in [5.74, 6) is 0.0720. The van der Waals surface area contributed by atoms with Crippen LogP contribution in [0.25, 0.3) is 0 Å². The monoisotopic (exact) mass is 438 g/mol. The van der Waals surface area contributed by atoms with Crippen molar-refractivity contribution in [1.29, 1.82) is 0 Å². The molecular weight excluding hydrogens is 412 g/mol. The zero-order valence-electron chi connectivity index (χ0n) is 15.7. The van der Waals surface area contributed by atoms with E-state index in [2.05, 4.69) is 21.2 Å². The Hall–Kier alpha value is -1.60. The molecule has 7 heteroatoms. The van der Waals surface area contributed by atoms with Gasteiger partial charge in [-0.05, 0) is 50.3 Å². The average molecular weight is 439 g/mol. The van der Waals surface area contributed by atoms with Crippen LogP contribution < -0.4 is 5.32 Å². The summed E-state index contributed by atoms with van der Waals surface area (Å²) in [5.41, 5.74) is 0.493. The minimum absolute atomic E-state index is 0.0720. The van der Waals surface area contributed by atoms with E-state index in [4.69, 9.17) is 9.47 Å². The molecule has 2 saturated heterocycles. The molecule has 2 aliphatic rings. The van der Waals surface area contributed by atoms with Gasteiger partial charge in [0.15, 0.2) is 0 Å². The van der Waals surface area contributed by atoms with Crippen molar-refractivity contribution in [3.63, 3.8) is 0 Å². The second kappa shape index (κ2) is 9.06. The molecule has 0 saturated carbocycles. The van der Waals surface area contributed by atoms with Crippen LogP contribution in [0, 0.1) is 0 Å². The van der Waals surface area contributed by atoms with Gasteiger partial charge in [-0.15, -0.1) is 0 Å². The number of likely N-dealkylation sites (tertiary alicyclic amines) is 1. The summed E-state index contributed by atoms with van der Waals surface area (Å²) < 4.78 is 11.6. The van der Waals surface area contributed by atoms with Crippen LogP contribution in [0.1, 0.15) is 38.2 Å². The molecule has 2 heterocycles. The normalized spacial score (nSPS) is 20.1. The number of hydrogen-bond acceptors (Lipinski definition) is 4. The predicted molar refractivity (Wildman–Crippen MR) is 106 cm³/mol. The molecule has 0 spiro atoms. The Bertz CT molecular complexity index is 650. The van der Waals surface area contributed by atoms with Crippen molar-refractivity contribution in [2.45, 2.75) is 44.1 Å². The predicted octanol–water partition coefficient (Wildman–Crippen LogP) is 3.23. The van der Waals surface area contributed by atoms with Gasteiger partial charge < -0.3 is 19.7 Å². The van der Waals surface area contributed by atoms with Gasteiger partial charge in [0.1, 0.15) is 0 Å². The lowest BCUT2D eigenvalue weighted by atomic mass is 9.73. The summed E-state index contributed by atoms with van der Waals surface area (Å²) in [5, 5.41) is 3.25. The van der Waals surface area contributed by atoms with E-state index in [1.807, 2.05) is 24.3 Å². The maximum Gasteiger partial charge on any atom is 0.409 e. The number of nitrogens with zero attached hydrogens (tertiary/aromatic N) is 1. The Labute approximate surface area is 168 Å². The van der Waals surface area contributed by atoms with E-state index in [0.717, 1.165) is 22.9 Å². The molecule has 148 valence electrons. The van der Waals surface area contributed by atoms with Crippen molar-refractivity contribution in [1.82, 2.24) is 10.2 Å². The fourth-order valence-corrected chi connectivity index (χ4v) is 4.14. The van der Waals surface area contributed by atoms with Crippen molar-refractivity contribution in [3.8, 4) is 0 Å². The van der Waals surface area contributed by atoms with Crippen LogP contribution in [0.2, 0.25) is 0 Å². The summed E-state index contributed by atoms with van der Waals surface area (Å²) in [6.07, 6.45) is 2.59. The minimum Gasteiger partial charge on any atom is -0.450 e. The summed E-state index contributed by atoms with van der Waals surface area (Å²) in [4.78, 5) is 26.9. The highest BCUT2D eigenvalue weighted by Crippen LogP contribution is 2.36. The number of halogens is 1. The molecule has 1 aromatic rings. The molecule has 0 aromatic heterocycles. The highest BCUT2D eigenvalue weighted by atomic mass is 79.9. The molecule has 1 N–H and O–H groups in total. The molecule has 0 radical (unpaired) electrons. The number of ether oxygens (including phenoxy) is 2. The lowest BCUT2D eigenvalue weighted by Gasteiger charge is -2.39. The molecule has 3 rings (SSSR count). The van der Waals surface area contributed by atoms with Gasteiger partial charge in [0.25, 0.3) is 0 Å². The quantitative estimate of drug-likeness (QED) is 0.783. The number of carbonyl (C=O) groups excluding carboxylic acids is 2. The SMILES string of the molecule is CCOC(=O)N1CCC(NC(=O)C2(c3ccc(Br)cc3)CCOCC2)CC1. The molecule has 0 aliphatic carbocycles. The van der Waals surface area contributed by atoms with Crippen LogP contribution >= 0.6 is 15.9 Å². The van der Waals surface area contributed by atoms with E-state index in [1.54, 1.807) is 11.8 Å². The van der Waals surface area contributed by atoms with Gasteiger partial charge >= 0.3 is 6.09 Å². The first-order chi connectivity index (χ1) is 13.0. The van der Waals surface area contributed by atoms with Crippen LogP contribution in [-0.4, -0.2) is 55.9 Å². The minimum atomic E-state index is -0.544. The van der Waals surface area contributed by atoms with Crippen LogP contribution in [0.15, 0.2) is 28.7 Å². The number of amides is 2. The van der Waals surface area contributed by atoms with Gasteiger partial charge in [-0.1, -0.05) is 28.1 Å². The number of carbonyl (C=O) groups is 2. The van der Waals surface area contributed by atoms with Gasteiger partial charge in [0.05, 0.1) is 12.0 Å². The van der Waals surface area contributed by atoms with E-state index < -0.39 is 5.41 Å². The Morgan fingerprint density at radius 1 is 1.22 bits per heavy atom. The van der Waals surface area contributed by atoms with Crippen LogP contribution in [0.5, 0.6) is 0 Å². The first-order valence-corrected chi connectivity index (χ1v) is 10.4. The summed E-state index contributed by atoms with van der Waals surface area (Å²) in [6, 6.07) is 8.10. The van der Waals surface area contributed by atoms with Gasteiger partial charge in [-0.25, -0.2) is 4.79 Å². The summed E-state index contributed by atoms with van der Waals surface area (Å²) >= 11 is 3.46. The Kier molecular flexibility index (Phi) is 6.76. The zero-order chi connectivity index (χ0) is 19.3. The maximum absolute atomic E-state index is 13.3. The van der Waals surface area contributed by atoms with Crippen molar-refractivity contribution in [3.05, 3.63) is 34.3 Å². The molecule has 27 heavy (non-hydrogen) atoms. The molecule has 2 fully saturated rings. The van der Waals surface area contributed by atoms with Gasteiger partial charge in [0.2, 0.25) is 5.91 Å². The van der Waals surface area contributed by atoms with Crippen molar-refractivity contribution >= 4 is 27.9 Å². The van der Waals surface area contributed by atoms with E-state index in [1.165, 1.54) is 0 Å². The molecule has 2 aliphatic heterocycles. The van der Waals surface area contributed by atoms with Gasteiger partial charge in [-0.3, -0.25) is 4.79 Å². The Balaban J connectivity index is 1.66. The first kappa shape index (κ1) is 20.1. The number of rotatable bonds is 4.